The minimum absolute atomic E-state index is 0.0321. The van der Waals surface area contributed by atoms with Crippen LogP contribution in [0.25, 0.3) is 0 Å². The van der Waals surface area contributed by atoms with E-state index in [-0.39, 0.29) is 17.7 Å². The van der Waals surface area contributed by atoms with E-state index in [9.17, 15) is 9.59 Å². The van der Waals surface area contributed by atoms with Crippen LogP contribution in [0.1, 0.15) is 39.0 Å². The Labute approximate surface area is 103 Å². The van der Waals surface area contributed by atoms with Crippen molar-refractivity contribution in [2.75, 3.05) is 20.1 Å². The number of Topliss-reactive ketones (excluding diaryl/α,β-unsaturated/α-hetero) is 1. The Morgan fingerprint density at radius 3 is 2.65 bits per heavy atom. The van der Waals surface area contributed by atoms with Crippen molar-refractivity contribution < 1.29 is 9.59 Å². The first-order valence-electron chi connectivity index (χ1n) is 6.59. The van der Waals surface area contributed by atoms with Crippen molar-refractivity contribution in [3.05, 3.63) is 0 Å². The van der Waals surface area contributed by atoms with Crippen LogP contribution in [0.15, 0.2) is 0 Å². The predicted molar refractivity (Wildman–Crippen MR) is 65.7 cm³/mol. The molecule has 0 saturated carbocycles. The molecule has 1 amide bonds. The molecule has 4 nitrogen and oxygen atoms in total. The number of piperidine rings is 1. The molecule has 2 atom stereocenters. The Balaban J connectivity index is 2.05. The molecule has 0 aromatic heterocycles. The maximum Gasteiger partial charge on any atom is 0.239 e. The molecule has 0 aromatic carbocycles. The number of likely N-dealkylation sites (N-methyl/N-ethyl adjacent to an activating group) is 1. The Kier molecular flexibility index (Phi) is 3.82. The highest BCUT2D eigenvalue weighted by Gasteiger charge is 2.38. The maximum atomic E-state index is 12.0. The summed E-state index contributed by atoms with van der Waals surface area (Å²) < 4.78 is 0. The van der Waals surface area contributed by atoms with Crippen molar-refractivity contribution in [3.63, 3.8) is 0 Å². The van der Waals surface area contributed by atoms with Crippen LogP contribution in [-0.4, -0.2) is 53.7 Å². The number of hydrogen-bond donors (Lipinski definition) is 0. The van der Waals surface area contributed by atoms with Crippen LogP contribution < -0.4 is 0 Å². The molecule has 96 valence electrons. The van der Waals surface area contributed by atoms with E-state index in [0.29, 0.717) is 12.5 Å². The lowest BCUT2D eigenvalue weighted by Gasteiger charge is -2.38. The van der Waals surface area contributed by atoms with Gasteiger partial charge in [0.2, 0.25) is 5.91 Å². The van der Waals surface area contributed by atoms with Gasteiger partial charge in [0.1, 0.15) is 5.78 Å². The second-order valence-corrected chi connectivity index (χ2v) is 5.36. The summed E-state index contributed by atoms with van der Waals surface area (Å²) in [6, 6.07) is 0.325. The number of carbonyl (C=O) groups is 2. The van der Waals surface area contributed by atoms with Crippen molar-refractivity contribution >= 4 is 11.7 Å². The van der Waals surface area contributed by atoms with E-state index >= 15 is 0 Å². The second kappa shape index (κ2) is 5.17. The number of likely N-dealkylation sites (tertiary alicyclic amines) is 2. The third-order valence-corrected chi connectivity index (χ3v) is 4.00. The summed E-state index contributed by atoms with van der Waals surface area (Å²) in [5.41, 5.74) is 0. The van der Waals surface area contributed by atoms with E-state index < -0.39 is 0 Å². The first-order valence-corrected chi connectivity index (χ1v) is 6.59. The molecule has 2 aliphatic rings. The van der Waals surface area contributed by atoms with Gasteiger partial charge in [-0.05, 0) is 32.7 Å². The summed E-state index contributed by atoms with van der Waals surface area (Å²) in [4.78, 5) is 27.4. The van der Waals surface area contributed by atoms with Gasteiger partial charge in [-0.3, -0.25) is 14.5 Å². The summed E-state index contributed by atoms with van der Waals surface area (Å²) in [5.74, 6) is 0.473. The average molecular weight is 238 g/mol. The van der Waals surface area contributed by atoms with E-state index in [0.717, 1.165) is 32.4 Å². The highest BCUT2D eigenvalue weighted by Crippen LogP contribution is 2.26. The SMILES string of the molecule is CC(=O)CC1CCCCN1C1CCN(C)C1=O. The summed E-state index contributed by atoms with van der Waals surface area (Å²) in [6.45, 7) is 3.48. The normalized spacial score (nSPS) is 30.9. The molecule has 0 aromatic rings. The molecule has 0 radical (unpaired) electrons. The lowest BCUT2D eigenvalue weighted by Crippen LogP contribution is -2.50. The second-order valence-electron chi connectivity index (χ2n) is 5.36. The molecule has 2 fully saturated rings. The summed E-state index contributed by atoms with van der Waals surface area (Å²) >= 11 is 0. The van der Waals surface area contributed by atoms with Crippen LogP contribution in [0, 0.1) is 0 Å². The Bertz CT molecular complexity index is 317. The van der Waals surface area contributed by atoms with Gasteiger partial charge in [0.05, 0.1) is 6.04 Å². The number of hydrogen-bond acceptors (Lipinski definition) is 3. The fourth-order valence-electron chi connectivity index (χ4n) is 3.10. The molecule has 2 aliphatic heterocycles. The number of carbonyl (C=O) groups excluding carboxylic acids is 2. The molecule has 17 heavy (non-hydrogen) atoms. The Morgan fingerprint density at radius 2 is 2.06 bits per heavy atom. The van der Waals surface area contributed by atoms with Gasteiger partial charge in [-0.15, -0.1) is 0 Å². The van der Waals surface area contributed by atoms with Crippen LogP contribution in [0.5, 0.6) is 0 Å². The molecule has 0 spiro atoms. The first-order chi connectivity index (χ1) is 8.09. The Hall–Kier alpha value is -0.900. The standard InChI is InChI=1S/C13H22N2O2/c1-10(16)9-11-5-3-4-7-15(11)12-6-8-14(2)13(12)17/h11-12H,3-9H2,1-2H3. The quantitative estimate of drug-likeness (QED) is 0.738. The van der Waals surface area contributed by atoms with Gasteiger partial charge in [-0.2, -0.15) is 0 Å². The lowest BCUT2D eigenvalue weighted by molar-refractivity contribution is -0.133. The van der Waals surface area contributed by atoms with E-state index in [4.69, 9.17) is 0 Å². The van der Waals surface area contributed by atoms with Crippen LogP contribution in [-0.2, 0) is 9.59 Å². The van der Waals surface area contributed by atoms with Gasteiger partial charge in [-0.25, -0.2) is 0 Å². The monoisotopic (exact) mass is 238 g/mol. The minimum Gasteiger partial charge on any atom is -0.344 e. The molecule has 2 heterocycles. The lowest BCUT2D eigenvalue weighted by atomic mass is 9.95. The Morgan fingerprint density at radius 1 is 1.29 bits per heavy atom. The summed E-state index contributed by atoms with van der Waals surface area (Å²) in [6.07, 6.45) is 4.93. The van der Waals surface area contributed by atoms with Gasteiger partial charge >= 0.3 is 0 Å². The summed E-state index contributed by atoms with van der Waals surface area (Å²) in [5, 5.41) is 0. The summed E-state index contributed by atoms with van der Waals surface area (Å²) in [7, 11) is 1.87. The molecule has 0 aliphatic carbocycles. The van der Waals surface area contributed by atoms with E-state index in [1.807, 2.05) is 11.9 Å². The maximum absolute atomic E-state index is 12.0. The smallest absolute Gasteiger partial charge is 0.239 e. The van der Waals surface area contributed by atoms with Gasteiger partial charge in [-0.1, -0.05) is 6.42 Å². The largest absolute Gasteiger partial charge is 0.344 e. The third kappa shape index (κ3) is 2.68. The van der Waals surface area contributed by atoms with Crippen molar-refractivity contribution in [3.8, 4) is 0 Å². The highest BCUT2D eigenvalue weighted by molar-refractivity contribution is 5.84. The highest BCUT2D eigenvalue weighted by atomic mass is 16.2. The van der Waals surface area contributed by atoms with Gasteiger partial charge in [0, 0.05) is 26.1 Å². The van der Waals surface area contributed by atoms with E-state index in [1.54, 1.807) is 6.92 Å². The molecule has 0 bridgehead atoms. The molecular weight excluding hydrogens is 216 g/mol. The number of rotatable bonds is 3. The van der Waals surface area contributed by atoms with Gasteiger partial charge < -0.3 is 4.90 Å². The zero-order chi connectivity index (χ0) is 12.4. The van der Waals surface area contributed by atoms with Crippen LogP contribution >= 0.6 is 0 Å². The molecule has 2 saturated heterocycles. The minimum atomic E-state index is 0.0321. The molecular formula is C13H22N2O2. The fourth-order valence-corrected chi connectivity index (χ4v) is 3.10. The fraction of sp³-hybridized carbons (Fsp3) is 0.846. The molecule has 2 rings (SSSR count). The van der Waals surface area contributed by atoms with Crippen molar-refractivity contribution in [1.82, 2.24) is 9.80 Å². The van der Waals surface area contributed by atoms with Crippen LogP contribution in [0.2, 0.25) is 0 Å². The van der Waals surface area contributed by atoms with Gasteiger partial charge in [0.25, 0.3) is 0 Å². The first kappa shape index (κ1) is 12.6. The van der Waals surface area contributed by atoms with Crippen molar-refractivity contribution in [2.24, 2.45) is 0 Å². The number of ketones is 1. The van der Waals surface area contributed by atoms with Crippen LogP contribution in [0.3, 0.4) is 0 Å². The molecule has 2 unspecified atom stereocenters. The zero-order valence-corrected chi connectivity index (χ0v) is 10.8. The molecule has 4 heteroatoms. The van der Waals surface area contributed by atoms with Crippen molar-refractivity contribution in [2.45, 2.75) is 51.1 Å². The number of amides is 1. The predicted octanol–water partition coefficient (Wildman–Crippen LogP) is 1.05. The topological polar surface area (TPSA) is 40.6 Å². The number of nitrogens with zero attached hydrogens (tertiary/aromatic N) is 2. The van der Waals surface area contributed by atoms with E-state index in [2.05, 4.69) is 4.90 Å². The molecule has 0 N–H and O–H groups in total. The van der Waals surface area contributed by atoms with Gasteiger partial charge in [0.15, 0.2) is 0 Å². The zero-order valence-electron chi connectivity index (χ0n) is 10.8. The third-order valence-electron chi connectivity index (χ3n) is 4.00. The van der Waals surface area contributed by atoms with Crippen LogP contribution in [0.4, 0.5) is 0 Å². The average Bonchev–Trinajstić information content (AvgIpc) is 2.60. The van der Waals surface area contributed by atoms with E-state index in [1.165, 1.54) is 6.42 Å². The van der Waals surface area contributed by atoms with Crippen molar-refractivity contribution in [1.29, 1.82) is 0 Å².